The first kappa shape index (κ1) is 20.9. The summed E-state index contributed by atoms with van der Waals surface area (Å²) in [5.74, 6) is -0.249. The van der Waals surface area contributed by atoms with Crippen LogP contribution in [0.5, 0.6) is 0 Å². The average molecular weight is 416 g/mol. The van der Waals surface area contributed by atoms with Crippen LogP contribution in [-0.2, 0) is 19.5 Å². The molecule has 0 aliphatic heterocycles. The number of pyridine rings is 1. The quantitative estimate of drug-likeness (QED) is 0.389. The fourth-order valence-electron chi connectivity index (χ4n) is 3.78. The van der Waals surface area contributed by atoms with Gasteiger partial charge in [-0.3, -0.25) is 9.88 Å². The zero-order valence-electron chi connectivity index (χ0n) is 17.8. The van der Waals surface area contributed by atoms with E-state index in [4.69, 9.17) is 4.42 Å². The lowest BCUT2D eigenvalue weighted by Gasteiger charge is -2.23. The Balaban J connectivity index is 1.65. The van der Waals surface area contributed by atoms with Crippen molar-refractivity contribution in [1.29, 1.82) is 0 Å². The van der Waals surface area contributed by atoms with E-state index in [0.717, 1.165) is 46.3 Å². The summed E-state index contributed by atoms with van der Waals surface area (Å²) in [6.45, 7) is 5.95. The highest BCUT2D eigenvalue weighted by Gasteiger charge is 2.14. The topological polar surface area (TPSA) is 46.3 Å². The summed E-state index contributed by atoms with van der Waals surface area (Å²) in [4.78, 5) is 19.0. The second kappa shape index (κ2) is 9.23. The number of halogens is 1. The Hall–Kier alpha value is -3.31. The van der Waals surface area contributed by atoms with E-state index >= 15 is 0 Å². The van der Waals surface area contributed by atoms with Crippen LogP contribution in [0.25, 0.3) is 11.0 Å². The van der Waals surface area contributed by atoms with Crippen molar-refractivity contribution in [3.63, 3.8) is 0 Å². The van der Waals surface area contributed by atoms with Crippen LogP contribution in [0, 0.1) is 19.7 Å². The summed E-state index contributed by atoms with van der Waals surface area (Å²) >= 11 is 0. The maximum Gasteiger partial charge on any atom is 0.336 e. The molecule has 0 atom stereocenters. The summed E-state index contributed by atoms with van der Waals surface area (Å²) < 4.78 is 18.9. The van der Waals surface area contributed by atoms with Crippen molar-refractivity contribution < 1.29 is 8.81 Å². The molecule has 2 aromatic heterocycles. The van der Waals surface area contributed by atoms with Gasteiger partial charge in [-0.2, -0.15) is 0 Å². The number of hydrogen-bond donors (Lipinski definition) is 0. The van der Waals surface area contributed by atoms with Crippen molar-refractivity contribution in [1.82, 2.24) is 9.88 Å². The molecule has 0 aliphatic carbocycles. The lowest BCUT2D eigenvalue weighted by atomic mass is 10.0. The van der Waals surface area contributed by atoms with Crippen LogP contribution in [0.2, 0.25) is 0 Å². The maximum atomic E-state index is 13.4. The summed E-state index contributed by atoms with van der Waals surface area (Å²) in [5.41, 5.74) is 5.33. The number of fused-ring (bicyclic) bond motifs is 1. The molecule has 0 bridgehead atoms. The van der Waals surface area contributed by atoms with Gasteiger partial charge >= 0.3 is 5.63 Å². The van der Waals surface area contributed by atoms with Gasteiger partial charge in [0.15, 0.2) is 0 Å². The first-order valence-corrected chi connectivity index (χ1v) is 10.4. The van der Waals surface area contributed by atoms with Crippen molar-refractivity contribution in [3.8, 4) is 0 Å². The number of aromatic nitrogens is 1. The Bertz CT molecular complexity index is 1230. The van der Waals surface area contributed by atoms with Crippen LogP contribution in [-0.4, -0.2) is 16.4 Å². The van der Waals surface area contributed by atoms with Gasteiger partial charge in [0.2, 0.25) is 0 Å². The highest BCUT2D eigenvalue weighted by molar-refractivity contribution is 5.83. The molecular formula is C26H25FN2O2. The first-order chi connectivity index (χ1) is 15.0. The van der Waals surface area contributed by atoms with E-state index in [0.29, 0.717) is 18.7 Å². The number of hydrogen-bond acceptors (Lipinski definition) is 4. The van der Waals surface area contributed by atoms with Crippen molar-refractivity contribution in [2.24, 2.45) is 0 Å². The van der Waals surface area contributed by atoms with Gasteiger partial charge in [-0.1, -0.05) is 30.3 Å². The predicted molar refractivity (Wildman–Crippen MR) is 120 cm³/mol. The number of benzene rings is 2. The molecule has 0 saturated carbocycles. The molecular weight excluding hydrogens is 391 g/mol. The Morgan fingerprint density at radius 1 is 1.00 bits per heavy atom. The van der Waals surface area contributed by atoms with E-state index in [-0.39, 0.29) is 11.4 Å². The van der Waals surface area contributed by atoms with Crippen LogP contribution >= 0.6 is 0 Å². The summed E-state index contributed by atoms with van der Waals surface area (Å²) in [6.07, 6.45) is 2.57. The van der Waals surface area contributed by atoms with Crippen molar-refractivity contribution >= 4 is 11.0 Å². The SMILES string of the molecule is Cc1ccc2c(CN(CCc3ccccn3)Cc3ccc(F)cc3)cc(=O)oc2c1C. The average Bonchev–Trinajstić information content (AvgIpc) is 2.77. The lowest BCUT2D eigenvalue weighted by molar-refractivity contribution is 0.259. The zero-order valence-corrected chi connectivity index (χ0v) is 17.8. The van der Waals surface area contributed by atoms with E-state index in [1.54, 1.807) is 24.4 Å². The third-order valence-corrected chi connectivity index (χ3v) is 5.64. The summed E-state index contributed by atoms with van der Waals surface area (Å²) in [5, 5.41) is 0.949. The molecule has 5 heteroatoms. The molecule has 4 nitrogen and oxygen atoms in total. The fraction of sp³-hybridized carbons (Fsp3) is 0.231. The Morgan fingerprint density at radius 2 is 1.81 bits per heavy atom. The predicted octanol–water partition coefficient (Wildman–Crippen LogP) is 5.19. The molecule has 4 rings (SSSR count). The zero-order chi connectivity index (χ0) is 21.8. The smallest absolute Gasteiger partial charge is 0.336 e. The maximum absolute atomic E-state index is 13.4. The molecule has 2 aromatic carbocycles. The Kier molecular flexibility index (Phi) is 6.23. The van der Waals surface area contributed by atoms with Crippen LogP contribution in [0.15, 0.2) is 76.1 Å². The van der Waals surface area contributed by atoms with Gasteiger partial charge in [-0.25, -0.2) is 9.18 Å². The molecule has 0 N–H and O–H groups in total. The van der Waals surface area contributed by atoms with E-state index in [2.05, 4.69) is 16.0 Å². The molecule has 0 amide bonds. The van der Waals surface area contributed by atoms with E-state index in [1.807, 2.05) is 38.1 Å². The lowest BCUT2D eigenvalue weighted by Crippen LogP contribution is -2.26. The highest BCUT2D eigenvalue weighted by atomic mass is 19.1. The molecule has 31 heavy (non-hydrogen) atoms. The van der Waals surface area contributed by atoms with E-state index < -0.39 is 0 Å². The first-order valence-electron chi connectivity index (χ1n) is 10.4. The minimum absolute atomic E-state index is 0.249. The van der Waals surface area contributed by atoms with Gasteiger partial charge in [0.1, 0.15) is 11.4 Å². The number of nitrogens with zero attached hydrogens (tertiary/aromatic N) is 2. The molecule has 4 aromatic rings. The van der Waals surface area contributed by atoms with E-state index in [1.165, 1.54) is 12.1 Å². The molecule has 0 fully saturated rings. The second-order valence-corrected chi connectivity index (χ2v) is 7.88. The summed E-state index contributed by atoms with van der Waals surface area (Å²) in [7, 11) is 0. The molecule has 2 heterocycles. The number of aryl methyl sites for hydroxylation is 2. The van der Waals surface area contributed by atoms with Gasteiger partial charge in [-0.15, -0.1) is 0 Å². The third kappa shape index (κ3) is 5.06. The van der Waals surface area contributed by atoms with E-state index in [9.17, 15) is 9.18 Å². The highest BCUT2D eigenvalue weighted by Crippen LogP contribution is 2.24. The van der Waals surface area contributed by atoms with Crippen LogP contribution in [0.3, 0.4) is 0 Å². The van der Waals surface area contributed by atoms with Crippen LogP contribution in [0.1, 0.15) is 27.9 Å². The molecule has 0 aliphatic rings. The normalized spacial score (nSPS) is 11.4. The van der Waals surface area contributed by atoms with Gasteiger partial charge in [-0.05, 0) is 60.4 Å². The summed E-state index contributed by atoms with van der Waals surface area (Å²) in [6, 6.07) is 18.1. The van der Waals surface area contributed by atoms with Gasteiger partial charge in [0.25, 0.3) is 0 Å². The molecule has 0 unspecified atom stereocenters. The van der Waals surface area contributed by atoms with Gasteiger partial charge < -0.3 is 4.42 Å². The Labute approximate surface area is 181 Å². The Morgan fingerprint density at radius 3 is 2.55 bits per heavy atom. The van der Waals surface area contributed by atoms with Gasteiger partial charge in [0.05, 0.1) is 0 Å². The monoisotopic (exact) mass is 416 g/mol. The van der Waals surface area contributed by atoms with Crippen molar-refractivity contribution in [2.75, 3.05) is 6.54 Å². The minimum Gasteiger partial charge on any atom is -0.422 e. The van der Waals surface area contributed by atoms with Gasteiger partial charge in [0, 0.05) is 49.4 Å². The minimum atomic E-state index is -0.345. The molecule has 0 radical (unpaired) electrons. The fourth-order valence-corrected chi connectivity index (χ4v) is 3.78. The number of rotatable bonds is 7. The molecule has 0 spiro atoms. The molecule has 158 valence electrons. The van der Waals surface area contributed by atoms with Crippen molar-refractivity contribution in [3.05, 3.63) is 111 Å². The second-order valence-electron chi connectivity index (χ2n) is 7.88. The van der Waals surface area contributed by atoms with Crippen molar-refractivity contribution in [2.45, 2.75) is 33.4 Å². The third-order valence-electron chi connectivity index (χ3n) is 5.64. The standard InChI is InChI=1S/C26H25FN2O2/c1-18-6-11-24-21(15-25(30)31-26(24)19(18)2)17-29(14-12-23-5-3-4-13-28-23)16-20-7-9-22(27)10-8-20/h3-11,13,15H,12,14,16-17H2,1-2H3. The van der Waals surface area contributed by atoms with Crippen LogP contribution < -0.4 is 5.63 Å². The largest absolute Gasteiger partial charge is 0.422 e. The van der Waals surface area contributed by atoms with Crippen LogP contribution in [0.4, 0.5) is 4.39 Å². The molecule has 0 saturated heterocycles.